The summed E-state index contributed by atoms with van der Waals surface area (Å²) in [7, 11) is -3.54. The van der Waals surface area contributed by atoms with Gasteiger partial charge < -0.3 is 15.1 Å². The minimum atomic E-state index is -3.54. The SMILES string of the molecule is CC(C)NS(=O)(=O)c1ccc(NC(=O)[C@@H](C)[NH2+][C@@H](C)c2ccco2)cc1. The van der Waals surface area contributed by atoms with Crippen LogP contribution in [0.2, 0.25) is 0 Å². The van der Waals surface area contributed by atoms with Crippen LogP contribution in [0.4, 0.5) is 5.69 Å². The van der Waals surface area contributed by atoms with E-state index in [0.717, 1.165) is 5.76 Å². The zero-order chi connectivity index (χ0) is 19.3. The maximum Gasteiger partial charge on any atom is 0.282 e. The third-order valence-corrected chi connectivity index (χ3v) is 5.48. The van der Waals surface area contributed by atoms with Crippen LogP contribution in [0.25, 0.3) is 0 Å². The van der Waals surface area contributed by atoms with Gasteiger partial charge in [-0.15, -0.1) is 0 Å². The molecular weight excluding hydrogens is 354 g/mol. The second-order valence-corrected chi connectivity index (χ2v) is 8.29. The number of amides is 1. The molecule has 142 valence electrons. The molecule has 0 fully saturated rings. The van der Waals surface area contributed by atoms with Crippen molar-refractivity contribution in [3.8, 4) is 0 Å². The molecule has 0 saturated carbocycles. The largest absolute Gasteiger partial charge is 0.463 e. The maximum absolute atomic E-state index is 12.3. The number of hydrogen-bond donors (Lipinski definition) is 3. The highest BCUT2D eigenvalue weighted by atomic mass is 32.2. The van der Waals surface area contributed by atoms with E-state index >= 15 is 0 Å². The van der Waals surface area contributed by atoms with Crippen LogP contribution in [0, 0.1) is 0 Å². The molecule has 2 aromatic rings. The Morgan fingerprint density at radius 3 is 2.27 bits per heavy atom. The number of furan rings is 1. The van der Waals surface area contributed by atoms with Gasteiger partial charge in [-0.1, -0.05) is 0 Å². The lowest BCUT2D eigenvalue weighted by atomic mass is 10.2. The summed E-state index contributed by atoms with van der Waals surface area (Å²) in [5.74, 6) is 0.635. The molecule has 0 aliphatic heterocycles. The Morgan fingerprint density at radius 2 is 1.73 bits per heavy atom. The van der Waals surface area contributed by atoms with Crippen molar-refractivity contribution >= 4 is 21.6 Å². The summed E-state index contributed by atoms with van der Waals surface area (Å²) in [5, 5.41) is 4.70. The fourth-order valence-electron chi connectivity index (χ4n) is 2.52. The summed E-state index contributed by atoms with van der Waals surface area (Å²) in [4.78, 5) is 12.5. The Kier molecular flexibility index (Phi) is 6.57. The van der Waals surface area contributed by atoms with Gasteiger partial charge in [-0.2, -0.15) is 0 Å². The molecule has 0 saturated heterocycles. The molecule has 2 atom stereocenters. The Labute approximate surface area is 154 Å². The first kappa shape index (κ1) is 20.2. The van der Waals surface area contributed by atoms with Gasteiger partial charge in [0.25, 0.3) is 5.91 Å². The van der Waals surface area contributed by atoms with E-state index in [-0.39, 0.29) is 28.9 Å². The highest BCUT2D eigenvalue weighted by Crippen LogP contribution is 2.15. The van der Waals surface area contributed by atoms with Crippen molar-refractivity contribution in [3.05, 3.63) is 48.4 Å². The number of quaternary nitrogens is 1. The maximum atomic E-state index is 12.3. The topological polar surface area (TPSA) is 105 Å². The van der Waals surface area contributed by atoms with Crippen LogP contribution in [0.1, 0.15) is 39.5 Å². The minimum absolute atomic E-state index is 0.0142. The summed E-state index contributed by atoms with van der Waals surface area (Å²) in [6.07, 6.45) is 1.61. The molecule has 0 spiro atoms. The van der Waals surface area contributed by atoms with Gasteiger partial charge in [0.05, 0.1) is 11.2 Å². The van der Waals surface area contributed by atoms with E-state index in [2.05, 4.69) is 10.0 Å². The third kappa shape index (κ3) is 5.42. The Hall–Kier alpha value is -2.16. The van der Waals surface area contributed by atoms with E-state index in [0.29, 0.717) is 5.69 Å². The van der Waals surface area contributed by atoms with Crippen molar-refractivity contribution in [2.75, 3.05) is 5.32 Å². The summed E-state index contributed by atoms with van der Waals surface area (Å²) in [6, 6.07) is 9.28. The first-order valence-electron chi connectivity index (χ1n) is 8.50. The molecule has 1 amide bonds. The van der Waals surface area contributed by atoms with E-state index < -0.39 is 10.0 Å². The number of carbonyl (C=O) groups excluding carboxylic acids is 1. The van der Waals surface area contributed by atoms with Crippen molar-refractivity contribution in [2.24, 2.45) is 0 Å². The van der Waals surface area contributed by atoms with Gasteiger partial charge in [-0.3, -0.25) is 4.79 Å². The molecule has 2 rings (SSSR count). The molecule has 0 unspecified atom stereocenters. The number of sulfonamides is 1. The quantitative estimate of drug-likeness (QED) is 0.647. The summed E-state index contributed by atoms with van der Waals surface area (Å²) in [6.45, 7) is 7.28. The van der Waals surface area contributed by atoms with Crippen molar-refractivity contribution < 1.29 is 22.9 Å². The zero-order valence-corrected chi connectivity index (χ0v) is 16.2. The summed E-state index contributed by atoms with van der Waals surface area (Å²) in [5.41, 5.74) is 0.546. The van der Waals surface area contributed by atoms with Gasteiger partial charge in [0.2, 0.25) is 10.0 Å². The Morgan fingerprint density at radius 1 is 1.08 bits per heavy atom. The van der Waals surface area contributed by atoms with Crippen molar-refractivity contribution in [2.45, 2.75) is 50.7 Å². The molecule has 1 aromatic heterocycles. The number of rotatable bonds is 8. The highest BCUT2D eigenvalue weighted by Gasteiger charge is 2.22. The van der Waals surface area contributed by atoms with E-state index in [1.165, 1.54) is 12.1 Å². The van der Waals surface area contributed by atoms with Crippen LogP contribution >= 0.6 is 0 Å². The predicted molar refractivity (Wildman–Crippen MR) is 99.0 cm³/mol. The van der Waals surface area contributed by atoms with Crippen LogP contribution in [-0.2, 0) is 14.8 Å². The minimum Gasteiger partial charge on any atom is -0.463 e. The molecule has 0 radical (unpaired) electrons. The average Bonchev–Trinajstić information content (AvgIpc) is 3.08. The average molecular weight is 380 g/mol. The van der Waals surface area contributed by atoms with Gasteiger partial charge in [0.15, 0.2) is 11.8 Å². The molecule has 7 nitrogen and oxygen atoms in total. The van der Waals surface area contributed by atoms with Gasteiger partial charge >= 0.3 is 0 Å². The molecule has 8 heteroatoms. The van der Waals surface area contributed by atoms with Gasteiger partial charge in [0.1, 0.15) is 6.04 Å². The van der Waals surface area contributed by atoms with Crippen LogP contribution in [0.15, 0.2) is 52.0 Å². The molecule has 1 aromatic carbocycles. The molecule has 4 N–H and O–H groups in total. The van der Waals surface area contributed by atoms with E-state index in [1.807, 2.05) is 24.4 Å². The van der Waals surface area contributed by atoms with Crippen LogP contribution in [0.3, 0.4) is 0 Å². The molecule has 26 heavy (non-hydrogen) atoms. The molecule has 0 aliphatic carbocycles. The molecule has 0 aliphatic rings. The zero-order valence-electron chi connectivity index (χ0n) is 15.4. The second kappa shape index (κ2) is 8.48. The van der Waals surface area contributed by atoms with E-state index in [9.17, 15) is 13.2 Å². The van der Waals surface area contributed by atoms with Gasteiger partial charge in [-0.05, 0) is 64.1 Å². The number of benzene rings is 1. The van der Waals surface area contributed by atoms with Crippen molar-refractivity contribution in [3.63, 3.8) is 0 Å². The van der Waals surface area contributed by atoms with E-state index in [1.54, 1.807) is 39.2 Å². The van der Waals surface area contributed by atoms with E-state index in [4.69, 9.17) is 4.42 Å². The summed E-state index contributed by atoms with van der Waals surface area (Å²) >= 11 is 0. The first-order valence-corrected chi connectivity index (χ1v) is 9.99. The number of nitrogens with two attached hydrogens (primary N) is 1. The first-order chi connectivity index (χ1) is 12.2. The fraction of sp³-hybridized carbons (Fsp3) is 0.389. The standard InChI is InChI=1S/C18H25N3O4S/c1-12(2)21-26(23,24)16-9-7-15(8-10-16)20-18(22)14(4)19-13(3)17-6-5-11-25-17/h5-14,19,21H,1-4H3,(H,20,22)/p+1/t13-,14+/m0/s1. The molecule has 0 bridgehead atoms. The predicted octanol–water partition coefficient (Wildman–Crippen LogP) is 1.62. The lowest BCUT2D eigenvalue weighted by Gasteiger charge is -2.15. The summed E-state index contributed by atoms with van der Waals surface area (Å²) < 4.78 is 32.1. The lowest BCUT2D eigenvalue weighted by molar-refractivity contribution is -0.711. The van der Waals surface area contributed by atoms with Crippen LogP contribution < -0.4 is 15.4 Å². The smallest absolute Gasteiger partial charge is 0.282 e. The van der Waals surface area contributed by atoms with Gasteiger partial charge in [0, 0.05) is 11.7 Å². The number of hydrogen-bond acceptors (Lipinski definition) is 4. The van der Waals surface area contributed by atoms with Crippen LogP contribution in [-0.4, -0.2) is 26.4 Å². The number of nitrogens with one attached hydrogen (secondary N) is 2. The monoisotopic (exact) mass is 380 g/mol. The highest BCUT2D eigenvalue weighted by molar-refractivity contribution is 7.89. The van der Waals surface area contributed by atoms with Crippen molar-refractivity contribution in [1.29, 1.82) is 0 Å². The van der Waals surface area contributed by atoms with Gasteiger partial charge in [-0.25, -0.2) is 13.1 Å². The fourth-order valence-corrected chi connectivity index (χ4v) is 3.77. The molecule has 1 heterocycles. The lowest BCUT2D eigenvalue weighted by Crippen LogP contribution is -2.91. The number of anilines is 1. The number of carbonyl (C=O) groups is 1. The Balaban J connectivity index is 1.96. The van der Waals surface area contributed by atoms with Crippen molar-refractivity contribution in [1.82, 2.24) is 4.72 Å². The van der Waals surface area contributed by atoms with Crippen LogP contribution in [0.5, 0.6) is 0 Å². The normalized spacial score (nSPS) is 14.2. The molecular formula is C18H26N3O4S+. The third-order valence-electron chi connectivity index (χ3n) is 3.81. The second-order valence-electron chi connectivity index (χ2n) is 6.57. The Bertz CT molecular complexity index is 815.